The van der Waals surface area contributed by atoms with Crippen molar-refractivity contribution in [2.45, 2.75) is 25.8 Å². The van der Waals surface area contributed by atoms with Crippen molar-refractivity contribution in [3.05, 3.63) is 46.7 Å². The monoisotopic (exact) mass is 318 g/mol. The lowest BCUT2D eigenvalue weighted by molar-refractivity contribution is -0.309. The minimum absolute atomic E-state index is 0.0828. The number of benzene rings is 1. The summed E-state index contributed by atoms with van der Waals surface area (Å²) in [4.78, 5) is 3.60. The van der Waals surface area contributed by atoms with Crippen LogP contribution in [-0.2, 0) is 17.7 Å². The van der Waals surface area contributed by atoms with E-state index in [9.17, 15) is 18.3 Å². The molecule has 0 amide bonds. The van der Waals surface area contributed by atoms with Gasteiger partial charge in [0.05, 0.1) is 11.4 Å². The van der Waals surface area contributed by atoms with Crippen LogP contribution < -0.4 is 16.5 Å². The van der Waals surface area contributed by atoms with Gasteiger partial charge >= 0.3 is 6.18 Å². The van der Waals surface area contributed by atoms with Gasteiger partial charge in [0, 0.05) is 6.54 Å². The molecule has 0 saturated carbocycles. The topological polar surface area (TPSA) is 99.8 Å². The third kappa shape index (κ3) is 5.22. The summed E-state index contributed by atoms with van der Waals surface area (Å²) in [6, 6.07) is 4.59. The van der Waals surface area contributed by atoms with E-state index in [4.69, 9.17) is 11.0 Å². The summed E-state index contributed by atoms with van der Waals surface area (Å²) in [6.45, 7) is 1.76. The Morgan fingerprint density at radius 2 is 1.95 bits per heavy atom. The summed E-state index contributed by atoms with van der Waals surface area (Å²) in [5, 5.41) is 20.5. The van der Waals surface area contributed by atoms with Gasteiger partial charge in [-0.2, -0.15) is 13.2 Å². The first-order chi connectivity index (χ1) is 10.3. The minimum Gasteiger partial charge on any atom is -0.386 e. The van der Waals surface area contributed by atoms with Gasteiger partial charge in [0.1, 0.15) is 6.23 Å². The van der Waals surface area contributed by atoms with Gasteiger partial charge in [0.15, 0.2) is 7.28 Å². The number of aliphatic hydroxyl groups excluding tert-OH is 1. The molecule has 0 aliphatic rings. The van der Waals surface area contributed by atoms with E-state index in [0.717, 1.165) is 12.1 Å². The molecule has 1 aromatic carbocycles. The average molecular weight is 318 g/mol. The molecule has 1 aromatic rings. The molecule has 6 nitrogen and oxygen atoms in total. The predicted molar refractivity (Wildman–Crippen MR) is 74.0 cm³/mol. The van der Waals surface area contributed by atoms with Crippen molar-refractivity contribution < 1.29 is 28.5 Å². The van der Waals surface area contributed by atoms with Crippen LogP contribution in [0.4, 0.5) is 13.2 Å². The predicted octanol–water partition coefficient (Wildman–Crippen LogP) is 0.988. The van der Waals surface area contributed by atoms with E-state index in [-0.39, 0.29) is 17.8 Å². The SMILES string of the molecule is C[B]/C(=C(/N)NCc1ccc(C(F)(F)F)cc1)C(O)NOO. The number of hydroxylamine groups is 1. The Labute approximate surface area is 125 Å². The normalized spacial score (nSPS) is 14.3. The molecule has 0 aliphatic carbocycles. The van der Waals surface area contributed by atoms with Crippen LogP contribution in [0, 0.1) is 0 Å². The van der Waals surface area contributed by atoms with E-state index in [1.165, 1.54) is 19.4 Å². The van der Waals surface area contributed by atoms with E-state index in [2.05, 4.69) is 10.3 Å². The molecule has 0 heterocycles. The van der Waals surface area contributed by atoms with Crippen molar-refractivity contribution in [2.24, 2.45) is 5.73 Å². The second-order valence-corrected chi connectivity index (χ2v) is 4.32. The van der Waals surface area contributed by atoms with Gasteiger partial charge in [-0.15, -0.1) is 10.5 Å². The first-order valence-corrected chi connectivity index (χ1v) is 6.22. The third-order valence-electron chi connectivity index (χ3n) is 2.85. The van der Waals surface area contributed by atoms with Crippen molar-refractivity contribution in [3.63, 3.8) is 0 Å². The van der Waals surface area contributed by atoms with Crippen LogP contribution in [0.25, 0.3) is 0 Å². The first kappa shape index (κ1) is 18.3. The van der Waals surface area contributed by atoms with E-state index < -0.39 is 18.0 Å². The Hall–Kier alpha value is -1.75. The van der Waals surface area contributed by atoms with E-state index in [0.29, 0.717) is 5.56 Å². The smallest absolute Gasteiger partial charge is 0.386 e. The Kier molecular flexibility index (Phi) is 6.69. The number of rotatable bonds is 7. The van der Waals surface area contributed by atoms with Gasteiger partial charge in [-0.25, -0.2) is 5.26 Å². The van der Waals surface area contributed by atoms with Gasteiger partial charge in [-0.05, 0) is 23.2 Å². The van der Waals surface area contributed by atoms with Crippen LogP contribution in [0.15, 0.2) is 35.6 Å². The molecule has 0 spiro atoms. The lowest BCUT2D eigenvalue weighted by Crippen LogP contribution is -2.36. The van der Waals surface area contributed by atoms with Gasteiger partial charge in [-0.3, -0.25) is 0 Å². The molecule has 0 fully saturated rings. The quantitative estimate of drug-likeness (QED) is 0.222. The number of alkyl halides is 3. The molecule has 0 saturated heterocycles. The Morgan fingerprint density at radius 3 is 2.41 bits per heavy atom. The fraction of sp³-hybridized carbons (Fsp3) is 0.333. The zero-order valence-electron chi connectivity index (χ0n) is 11.7. The van der Waals surface area contributed by atoms with Crippen molar-refractivity contribution in [1.29, 1.82) is 0 Å². The highest BCUT2D eigenvalue weighted by Gasteiger charge is 2.29. The van der Waals surface area contributed by atoms with Crippen molar-refractivity contribution >= 4 is 7.28 Å². The molecule has 0 bridgehead atoms. The van der Waals surface area contributed by atoms with Gasteiger partial charge < -0.3 is 16.2 Å². The van der Waals surface area contributed by atoms with E-state index in [1.807, 2.05) is 5.48 Å². The van der Waals surface area contributed by atoms with Crippen LogP contribution in [0.1, 0.15) is 11.1 Å². The van der Waals surface area contributed by atoms with Crippen molar-refractivity contribution in [2.75, 3.05) is 0 Å². The zero-order valence-corrected chi connectivity index (χ0v) is 11.7. The van der Waals surface area contributed by atoms with E-state index in [1.54, 1.807) is 6.82 Å². The Bertz CT molecular complexity index is 509. The van der Waals surface area contributed by atoms with Crippen LogP contribution in [-0.4, -0.2) is 23.9 Å². The molecule has 0 aliphatic heterocycles. The average Bonchev–Trinajstić information content (AvgIpc) is 2.45. The van der Waals surface area contributed by atoms with Crippen LogP contribution in [0.3, 0.4) is 0 Å². The standard InChI is InChI=1S/C12H16BF3N3O3/c1-13-9(11(20)19-22-21)10(17)18-6-7-2-4-8(5-3-7)12(14,15)16/h2-5,11,18-21H,6,17H2,1H3/b10-9-. The summed E-state index contributed by atoms with van der Waals surface area (Å²) in [6.07, 6.45) is -5.75. The molecule has 1 atom stereocenters. The second kappa shape index (κ2) is 8.04. The zero-order chi connectivity index (χ0) is 16.8. The number of hydrogen-bond acceptors (Lipinski definition) is 6. The summed E-state index contributed by atoms with van der Waals surface area (Å²) in [5.74, 6) is 0.0828. The number of nitrogens with two attached hydrogens (primary N) is 1. The fourth-order valence-electron chi connectivity index (χ4n) is 1.68. The highest BCUT2D eigenvalue weighted by atomic mass is 19.4. The molecule has 10 heteroatoms. The van der Waals surface area contributed by atoms with Gasteiger partial charge in [0.2, 0.25) is 0 Å². The Morgan fingerprint density at radius 1 is 1.36 bits per heavy atom. The minimum atomic E-state index is -4.38. The number of aliphatic hydroxyl groups is 1. The summed E-state index contributed by atoms with van der Waals surface area (Å²) in [7, 11) is 1.48. The number of hydrogen-bond donors (Lipinski definition) is 5. The fourth-order valence-corrected chi connectivity index (χ4v) is 1.68. The number of nitrogens with one attached hydrogen (secondary N) is 2. The molecule has 22 heavy (non-hydrogen) atoms. The molecule has 1 unspecified atom stereocenters. The molecular weight excluding hydrogens is 302 g/mol. The maximum Gasteiger partial charge on any atom is 0.416 e. The first-order valence-electron chi connectivity index (χ1n) is 6.22. The second-order valence-electron chi connectivity index (χ2n) is 4.32. The third-order valence-corrected chi connectivity index (χ3v) is 2.85. The lowest BCUT2D eigenvalue weighted by Gasteiger charge is -2.17. The van der Waals surface area contributed by atoms with Crippen molar-refractivity contribution in [1.82, 2.24) is 10.8 Å². The van der Waals surface area contributed by atoms with E-state index >= 15 is 0 Å². The highest BCUT2D eigenvalue weighted by molar-refractivity contribution is 6.44. The summed E-state index contributed by atoms with van der Waals surface area (Å²) in [5.41, 5.74) is 7.65. The molecular formula is C12H16BF3N3O3. The van der Waals surface area contributed by atoms with Gasteiger partial charge in [0.25, 0.3) is 0 Å². The largest absolute Gasteiger partial charge is 0.416 e. The van der Waals surface area contributed by atoms with Gasteiger partial charge in [-0.1, -0.05) is 19.0 Å². The van der Waals surface area contributed by atoms with Crippen LogP contribution in [0.5, 0.6) is 0 Å². The molecule has 1 rings (SSSR count). The van der Waals surface area contributed by atoms with Crippen LogP contribution >= 0.6 is 0 Å². The molecule has 6 N–H and O–H groups in total. The maximum atomic E-state index is 12.4. The van der Waals surface area contributed by atoms with Crippen LogP contribution in [0.2, 0.25) is 6.82 Å². The molecule has 0 aromatic heterocycles. The lowest BCUT2D eigenvalue weighted by atomic mass is 9.71. The maximum absolute atomic E-state index is 12.4. The summed E-state index contributed by atoms with van der Waals surface area (Å²) < 4.78 is 37.3. The molecule has 121 valence electrons. The molecule has 1 radical (unpaired) electrons. The highest BCUT2D eigenvalue weighted by Crippen LogP contribution is 2.29. The Balaban J connectivity index is 2.72. The number of halogens is 3. The summed E-state index contributed by atoms with van der Waals surface area (Å²) >= 11 is 0. The van der Waals surface area contributed by atoms with Crippen molar-refractivity contribution in [3.8, 4) is 0 Å².